The van der Waals surface area contributed by atoms with Gasteiger partial charge in [-0.2, -0.15) is 0 Å². The van der Waals surface area contributed by atoms with E-state index in [2.05, 4.69) is 10.3 Å². The Labute approximate surface area is 200 Å². The summed E-state index contributed by atoms with van der Waals surface area (Å²) >= 11 is 0. The van der Waals surface area contributed by atoms with Gasteiger partial charge in [0.1, 0.15) is 11.6 Å². The first-order chi connectivity index (χ1) is 16.8. The van der Waals surface area contributed by atoms with Gasteiger partial charge >= 0.3 is 0 Å². The Hall–Kier alpha value is -4.07. The number of amides is 1. The molecular weight excluding hydrogens is 455 g/mol. The van der Waals surface area contributed by atoms with Gasteiger partial charge in [-0.15, -0.1) is 0 Å². The van der Waals surface area contributed by atoms with Gasteiger partial charge in [-0.1, -0.05) is 36.4 Å². The number of hydrogen-bond donors (Lipinski definition) is 1. The van der Waals surface area contributed by atoms with Crippen molar-refractivity contribution in [1.29, 1.82) is 0 Å². The number of para-hydroxylation sites is 2. The maximum atomic E-state index is 14.6. The van der Waals surface area contributed by atoms with Gasteiger partial charge in [0, 0.05) is 42.2 Å². The zero-order valence-corrected chi connectivity index (χ0v) is 19.1. The second-order valence-electron chi connectivity index (χ2n) is 8.58. The molecule has 5 nitrogen and oxygen atoms in total. The van der Waals surface area contributed by atoms with Crippen LogP contribution in [0.4, 0.5) is 24.5 Å². The van der Waals surface area contributed by atoms with E-state index in [-0.39, 0.29) is 23.0 Å². The summed E-state index contributed by atoms with van der Waals surface area (Å²) in [6.07, 6.45) is 2.02. The second-order valence-corrected chi connectivity index (χ2v) is 8.58. The number of halogens is 3. The predicted octanol–water partition coefficient (Wildman–Crippen LogP) is 5.89. The second kappa shape index (κ2) is 8.94. The Kier molecular flexibility index (Phi) is 5.80. The van der Waals surface area contributed by atoms with Crippen LogP contribution >= 0.6 is 0 Å². The van der Waals surface area contributed by atoms with Crippen LogP contribution in [0.2, 0.25) is 0 Å². The first-order valence-electron chi connectivity index (χ1n) is 11.1. The highest BCUT2D eigenvalue weighted by Crippen LogP contribution is 2.39. The molecule has 0 spiro atoms. The lowest BCUT2D eigenvalue weighted by atomic mass is 9.92. The molecular formula is C27H22F3N3O2. The average molecular weight is 477 g/mol. The van der Waals surface area contributed by atoms with Crippen LogP contribution in [0.3, 0.4) is 0 Å². The summed E-state index contributed by atoms with van der Waals surface area (Å²) < 4.78 is 48.1. The van der Waals surface area contributed by atoms with Gasteiger partial charge in [-0.25, -0.2) is 13.2 Å². The summed E-state index contributed by atoms with van der Waals surface area (Å²) in [7, 11) is 3.62. The van der Waals surface area contributed by atoms with E-state index in [4.69, 9.17) is 4.74 Å². The van der Waals surface area contributed by atoms with Crippen molar-refractivity contribution in [2.75, 3.05) is 30.9 Å². The smallest absolute Gasteiger partial charge is 0.232 e. The van der Waals surface area contributed by atoms with Crippen LogP contribution in [-0.4, -0.2) is 31.6 Å². The fourth-order valence-electron chi connectivity index (χ4n) is 4.59. The monoisotopic (exact) mass is 477 g/mol. The van der Waals surface area contributed by atoms with Crippen LogP contribution in [0, 0.1) is 17.5 Å². The van der Waals surface area contributed by atoms with Gasteiger partial charge in [-0.3, -0.25) is 9.78 Å². The van der Waals surface area contributed by atoms with Gasteiger partial charge in [0.05, 0.1) is 35.6 Å². The van der Waals surface area contributed by atoms with Gasteiger partial charge < -0.3 is 15.0 Å². The van der Waals surface area contributed by atoms with E-state index in [1.807, 2.05) is 43.3 Å². The number of anilines is 2. The number of hydrogen-bond acceptors (Lipinski definition) is 4. The molecule has 1 unspecified atom stereocenters. The van der Waals surface area contributed by atoms with Crippen LogP contribution in [0.25, 0.3) is 22.0 Å². The van der Waals surface area contributed by atoms with E-state index in [1.54, 1.807) is 18.2 Å². The number of pyridine rings is 1. The molecule has 178 valence electrons. The summed E-state index contributed by atoms with van der Waals surface area (Å²) in [6.45, 7) is 0.435. The van der Waals surface area contributed by atoms with Crippen LogP contribution < -0.4 is 15.0 Å². The lowest BCUT2D eigenvalue weighted by molar-refractivity contribution is -0.118. The van der Waals surface area contributed by atoms with Gasteiger partial charge in [0.2, 0.25) is 5.91 Å². The number of nitrogens with zero attached hydrogens (tertiary/aromatic N) is 2. The van der Waals surface area contributed by atoms with Gasteiger partial charge in [0.15, 0.2) is 11.6 Å². The first kappa shape index (κ1) is 22.7. The molecule has 1 amide bonds. The molecule has 1 aliphatic rings. The maximum Gasteiger partial charge on any atom is 0.232 e. The van der Waals surface area contributed by atoms with Crippen molar-refractivity contribution in [1.82, 2.24) is 4.98 Å². The summed E-state index contributed by atoms with van der Waals surface area (Å²) in [4.78, 5) is 19.6. The number of nitrogens with one attached hydrogen (secondary N) is 1. The highest BCUT2D eigenvalue weighted by Gasteiger charge is 2.28. The number of ether oxygens (including phenoxy) is 1. The minimum Gasteiger partial charge on any atom is -0.493 e. The van der Waals surface area contributed by atoms with E-state index >= 15 is 0 Å². The Morgan fingerprint density at radius 3 is 2.66 bits per heavy atom. The quantitative estimate of drug-likeness (QED) is 0.373. The summed E-state index contributed by atoms with van der Waals surface area (Å²) in [5, 5.41) is 3.59. The summed E-state index contributed by atoms with van der Waals surface area (Å²) in [5.74, 6) is -3.20. The number of rotatable bonds is 4. The zero-order valence-electron chi connectivity index (χ0n) is 19.1. The van der Waals surface area contributed by atoms with E-state index in [1.165, 1.54) is 6.20 Å². The number of carbonyl (C=O) groups excluding carboxylic acids is 1. The van der Waals surface area contributed by atoms with Crippen LogP contribution in [0.1, 0.15) is 17.9 Å². The Bertz CT molecular complexity index is 1460. The molecule has 4 aromatic rings. The number of aromatic nitrogens is 1. The molecule has 0 saturated carbocycles. The molecule has 0 fully saturated rings. The number of benzene rings is 3. The molecule has 5 rings (SSSR count). The fourth-order valence-corrected chi connectivity index (χ4v) is 4.59. The Balaban J connectivity index is 1.59. The third kappa shape index (κ3) is 4.05. The lowest BCUT2D eigenvalue weighted by Crippen LogP contribution is -2.27. The first-order valence-corrected chi connectivity index (χ1v) is 11.1. The molecule has 0 aliphatic carbocycles. The van der Waals surface area contributed by atoms with Crippen molar-refractivity contribution in [2.24, 2.45) is 0 Å². The highest BCUT2D eigenvalue weighted by molar-refractivity contribution is 6.08. The summed E-state index contributed by atoms with van der Waals surface area (Å²) in [5.41, 5.74) is 2.32. The Morgan fingerprint density at radius 2 is 1.86 bits per heavy atom. The topological polar surface area (TPSA) is 54.5 Å². The zero-order chi connectivity index (χ0) is 24.7. The maximum absolute atomic E-state index is 14.6. The predicted molar refractivity (Wildman–Crippen MR) is 129 cm³/mol. The molecule has 0 saturated heterocycles. The average Bonchev–Trinajstić information content (AvgIpc) is 2.85. The van der Waals surface area contributed by atoms with Crippen molar-refractivity contribution in [2.45, 2.75) is 12.3 Å². The van der Waals surface area contributed by atoms with Crippen molar-refractivity contribution in [3.8, 4) is 16.9 Å². The van der Waals surface area contributed by atoms with Crippen LogP contribution in [0.15, 0.2) is 60.8 Å². The van der Waals surface area contributed by atoms with Crippen LogP contribution in [0.5, 0.6) is 5.75 Å². The molecule has 1 aromatic heterocycles. The van der Waals surface area contributed by atoms with E-state index in [0.29, 0.717) is 47.1 Å². The highest BCUT2D eigenvalue weighted by atomic mass is 19.2. The van der Waals surface area contributed by atoms with Crippen molar-refractivity contribution < 1.29 is 22.7 Å². The summed E-state index contributed by atoms with van der Waals surface area (Å²) in [6, 6.07) is 13.9. The van der Waals surface area contributed by atoms with E-state index in [9.17, 15) is 18.0 Å². The van der Waals surface area contributed by atoms with E-state index in [0.717, 1.165) is 11.6 Å². The van der Waals surface area contributed by atoms with Gasteiger partial charge in [0.25, 0.3) is 0 Å². The molecule has 35 heavy (non-hydrogen) atoms. The molecule has 1 aliphatic heterocycles. The number of carbonyl (C=O) groups is 1. The normalized spacial score (nSPS) is 14.8. The largest absolute Gasteiger partial charge is 0.493 e. The molecule has 0 bridgehead atoms. The molecule has 1 N–H and O–H groups in total. The molecule has 3 aromatic carbocycles. The van der Waals surface area contributed by atoms with Crippen LogP contribution in [-0.2, 0) is 4.79 Å². The van der Waals surface area contributed by atoms with Crippen molar-refractivity contribution >= 4 is 28.2 Å². The SMILES string of the molecule is CN(C)c1c(NC(=O)C2CCOc3ccccc32)cnc2c(-c3cc(F)cc(F)c3F)cccc12. The lowest BCUT2D eigenvalue weighted by Gasteiger charge is -2.26. The fraction of sp³-hybridized carbons (Fsp3) is 0.185. The third-order valence-corrected chi connectivity index (χ3v) is 6.13. The molecule has 8 heteroatoms. The molecule has 2 heterocycles. The molecule has 1 atom stereocenters. The van der Waals surface area contributed by atoms with Crippen molar-refractivity contribution in [3.05, 3.63) is 83.8 Å². The third-order valence-electron chi connectivity index (χ3n) is 6.13. The number of fused-ring (bicyclic) bond motifs is 2. The molecule has 0 radical (unpaired) electrons. The van der Waals surface area contributed by atoms with Gasteiger partial charge in [-0.05, 0) is 18.6 Å². The van der Waals surface area contributed by atoms with E-state index < -0.39 is 17.5 Å². The minimum absolute atomic E-state index is 0.195. The minimum atomic E-state index is -1.27. The van der Waals surface area contributed by atoms with Crippen molar-refractivity contribution in [3.63, 3.8) is 0 Å². The Morgan fingerprint density at radius 1 is 1.06 bits per heavy atom. The standard InChI is InChI=1S/C27H22F3N3O2/c1-33(2)26-19-8-5-7-17(20-12-15(28)13-21(29)24(20)30)25(19)31-14-22(26)32-27(34)18-10-11-35-23-9-4-3-6-16(18)23/h3-9,12-14,18H,10-11H2,1-2H3,(H,32,34).